The molecular formula is C14H23NO5S. The largest absolute Gasteiger partial charge is 0.490 e. The van der Waals surface area contributed by atoms with E-state index in [4.69, 9.17) is 14.6 Å². The van der Waals surface area contributed by atoms with Gasteiger partial charge in [0.15, 0.2) is 11.5 Å². The zero-order valence-corrected chi connectivity index (χ0v) is 13.4. The number of hydrogen-bond acceptors (Lipinski definition) is 5. The van der Waals surface area contributed by atoms with Gasteiger partial charge in [0.1, 0.15) is 0 Å². The molecule has 1 aromatic carbocycles. The standard InChI is InChI=1S/C14H23NO5S/c1-4-11(10-16)15-21(17,18)12-7-8-13(19-5-2)14(9-12)20-6-3/h7-9,11,15-16H,4-6,10H2,1-3H3/t11-/m1/s1. The molecule has 21 heavy (non-hydrogen) atoms. The van der Waals surface area contributed by atoms with Crippen LogP contribution in [0.5, 0.6) is 11.5 Å². The molecule has 1 aromatic rings. The van der Waals surface area contributed by atoms with Gasteiger partial charge in [-0.25, -0.2) is 13.1 Å². The van der Waals surface area contributed by atoms with E-state index < -0.39 is 16.1 Å². The molecule has 0 saturated carbocycles. The van der Waals surface area contributed by atoms with Crippen LogP contribution < -0.4 is 14.2 Å². The van der Waals surface area contributed by atoms with Gasteiger partial charge in [0.2, 0.25) is 10.0 Å². The van der Waals surface area contributed by atoms with Crippen molar-refractivity contribution in [2.75, 3.05) is 19.8 Å². The molecule has 2 N–H and O–H groups in total. The van der Waals surface area contributed by atoms with Crippen LogP contribution in [-0.4, -0.2) is 39.4 Å². The monoisotopic (exact) mass is 317 g/mol. The highest BCUT2D eigenvalue weighted by Crippen LogP contribution is 2.30. The van der Waals surface area contributed by atoms with E-state index in [1.54, 1.807) is 13.0 Å². The Morgan fingerprint density at radius 3 is 2.29 bits per heavy atom. The maximum Gasteiger partial charge on any atom is 0.241 e. The quantitative estimate of drug-likeness (QED) is 0.721. The molecule has 120 valence electrons. The Hall–Kier alpha value is -1.31. The Balaban J connectivity index is 3.09. The molecule has 0 bridgehead atoms. The SMILES string of the molecule is CCOc1ccc(S(=O)(=O)N[C@H](CC)CO)cc1OCC. The molecule has 0 aliphatic rings. The summed E-state index contributed by atoms with van der Waals surface area (Å²) in [6, 6.07) is 3.96. The van der Waals surface area contributed by atoms with Crippen LogP contribution in [-0.2, 0) is 10.0 Å². The second-order valence-electron chi connectivity index (χ2n) is 4.38. The van der Waals surface area contributed by atoms with Crippen molar-refractivity contribution in [2.24, 2.45) is 0 Å². The zero-order chi connectivity index (χ0) is 15.9. The summed E-state index contributed by atoms with van der Waals surface area (Å²) in [4.78, 5) is 0.0845. The second kappa shape index (κ2) is 8.21. The van der Waals surface area contributed by atoms with Crippen LogP contribution in [0.1, 0.15) is 27.2 Å². The van der Waals surface area contributed by atoms with E-state index in [1.807, 2.05) is 13.8 Å². The van der Waals surface area contributed by atoms with Gasteiger partial charge in [-0.2, -0.15) is 0 Å². The van der Waals surface area contributed by atoms with Gasteiger partial charge in [0.05, 0.1) is 24.7 Å². The molecule has 0 fully saturated rings. The minimum Gasteiger partial charge on any atom is -0.490 e. The lowest BCUT2D eigenvalue weighted by atomic mass is 10.3. The first-order valence-corrected chi connectivity index (χ1v) is 8.49. The van der Waals surface area contributed by atoms with Gasteiger partial charge in [-0.15, -0.1) is 0 Å². The first-order chi connectivity index (χ1) is 9.98. The summed E-state index contributed by atoms with van der Waals surface area (Å²) >= 11 is 0. The van der Waals surface area contributed by atoms with E-state index in [9.17, 15) is 8.42 Å². The molecule has 0 saturated heterocycles. The number of hydrogen-bond donors (Lipinski definition) is 2. The van der Waals surface area contributed by atoms with E-state index in [-0.39, 0.29) is 11.5 Å². The molecule has 1 atom stereocenters. The first-order valence-electron chi connectivity index (χ1n) is 7.01. The number of aliphatic hydroxyl groups excluding tert-OH is 1. The van der Waals surface area contributed by atoms with Crippen LogP contribution in [0, 0.1) is 0 Å². The Bertz CT molecular complexity index is 540. The van der Waals surface area contributed by atoms with Crippen molar-refractivity contribution in [3.63, 3.8) is 0 Å². The van der Waals surface area contributed by atoms with Crippen molar-refractivity contribution in [3.05, 3.63) is 18.2 Å². The molecule has 0 radical (unpaired) electrons. The molecule has 0 unspecified atom stereocenters. The summed E-state index contributed by atoms with van der Waals surface area (Å²) in [5, 5.41) is 9.12. The lowest BCUT2D eigenvalue weighted by molar-refractivity contribution is 0.253. The van der Waals surface area contributed by atoms with Crippen LogP contribution in [0.4, 0.5) is 0 Å². The summed E-state index contributed by atoms with van der Waals surface area (Å²) in [5.41, 5.74) is 0. The van der Waals surface area contributed by atoms with Gasteiger partial charge < -0.3 is 14.6 Å². The Kier molecular flexibility index (Phi) is 6.94. The number of rotatable bonds is 9. The smallest absolute Gasteiger partial charge is 0.241 e. The predicted octanol–water partition coefficient (Wildman–Crippen LogP) is 1.53. The molecule has 0 amide bonds. The van der Waals surface area contributed by atoms with Gasteiger partial charge in [0, 0.05) is 12.1 Å². The topological polar surface area (TPSA) is 84.9 Å². The molecule has 0 aromatic heterocycles. The second-order valence-corrected chi connectivity index (χ2v) is 6.10. The Morgan fingerprint density at radius 1 is 1.14 bits per heavy atom. The van der Waals surface area contributed by atoms with Crippen molar-refractivity contribution in [1.29, 1.82) is 0 Å². The summed E-state index contributed by atoms with van der Waals surface area (Å²) in [7, 11) is -3.70. The maximum atomic E-state index is 12.3. The highest BCUT2D eigenvalue weighted by molar-refractivity contribution is 7.89. The lowest BCUT2D eigenvalue weighted by Gasteiger charge is -2.16. The summed E-state index contributed by atoms with van der Waals surface area (Å²) < 4.78 is 37.8. The molecule has 7 heteroatoms. The predicted molar refractivity (Wildman–Crippen MR) is 80.3 cm³/mol. The summed E-state index contributed by atoms with van der Waals surface area (Å²) in [6.07, 6.45) is 0.505. The van der Waals surface area contributed by atoms with Crippen LogP contribution in [0.25, 0.3) is 0 Å². The molecule has 0 aliphatic carbocycles. The highest BCUT2D eigenvalue weighted by atomic mass is 32.2. The molecule has 0 spiro atoms. The van der Waals surface area contributed by atoms with Gasteiger partial charge in [-0.05, 0) is 32.4 Å². The molecule has 0 heterocycles. The van der Waals surface area contributed by atoms with Crippen LogP contribution in [0.15, 0.2) is 23.1 Å². The van der Waals surface area contributed by atoms with Crippen molar-refractivity contribution in [3.8, 4) is 11.5 Å². The Morgan fingerprint density at radius 2 is 1.76 bits per heavy atom. The summed E-state index contributed by atoms with van der Waals surface area (Å²) in [6.45, 7) is 6.08. The number of nitrogens with one attached hydrogen (secondary N) is 1. The molecule has 1 rings (SSSR count). The van der Waals surface area contributed by atoms with E-state index in [0.717, 1.165) is 0 Å². The van der Waals surface area contributed by atoms with Crippen LogP contribution in [0.2, 0.25) is 0 Å². The van der Waals surface area contributed by atoms with Crippen molar-refractivity contribution in [2.45, 2.75) is 38.1 Å². The minimum atomic E-state index is -3.70. The lowest BCUT2D eigenvalue weighted by Crippen LogP contribution is -2.36. The van der Waals surface area contributed by atoms with E-state index in [0.29, 0.717) is 31.1 Å². The first kappa shape index (κ1) is 17.7. The third kappa shape index (κ3) is 4.87. The fourth-order valence-electron chi connectivity index (χ4n) is 1.74. The van der Waals surface area contributed by atoms with Gasteiger partial charge >= 0.3 is 0 Å². The third-order valence-electron chi connectivity index (χ3n) is 2.86. The van der Waals surface area contributed by atoms with Gasteiger partial charge in [0.25, 0.3) is 0 Å². The van der Waals surface area contributed by atoms with E-state index in [2.05, 4.69) is 4.72 Å². The summed E-state index contributed by atoms with van der Waals surface area (Å²) in [5.74, 6) is 0.895. The normalized spacial score (nSPS) is 13.0. The number of aliphatic hydroxyl groups is 1. The van der Waals surface area contributed by atoms with Crippen molar-refractivity contribution >= 4 is 10.0 Å². The average Bonchev–Trinajstić information content (AvgIpc) is 2.47. The van der Waals surface area contributed by atoms with Crippen molar-refractivity contribution < 1.29 is 23.0 Å². The van der Waals surface area contributed by atoms with E-state index >= 15 is 0 Å². The van der Waals surface area contributed by atoms with Crippen LogP contribution >= 0.6 is 0 Å². The molecule has 6 nitrogen and oxygen atoms in total. The number of ether oxygens (including phenoxy) is 2. The van der Waals surface area contributed by atoms with E-state index in [1.165, 1.54) is 12.1 Å². The third-order valence-corrected chi connectivity index (χ3v) is 4.38. The average molecular weight is 317 g/mol. The minimum absolute atomic E-state index is 0.0845. The molecular weight excluding hydrogens is 294 g/mol. The fourth-order valence-corrected chi connectivity index (χ4v) is 3.06. The van der Waals surface area contributed by atoms with Gasteiger partial charge in [-0.1, -0.05) is 6.92 Å². The number of benzene rings is 1. The van der Waals surface area contributed by atoms with Crippen molar-refractivity contribution in [1.82, 2.24) is 4.72 Å². The Labute approximate surface area is 126 Å². The molecule has 0 aliphatic heterocycles. The number of sulfonamides is 1. The maximum absolute atomic E-state index is 12.3. The fraction of sp³-hybridized carbons (Fsp3) is 0.571. The highest BCUT2D eigenvalue weighted by Gasteiger charge is 2.20. The van der Waals surface area contributed by atoms with Gasteiger partial charge in [-0.3, -0.25) is 0 Å². The zero-order valence-electron chi connectivity index (χ0n) is 12.6. The van der Waals surface area contributed by atoms with Crippen LogP contribution in [0.3, 0.4) is 0 Å².